The van der Waals surface area contributed by atoms with Gasteiger partial charge in [0, 0.05) is 0 Å². The third-order valence-corrected chi connectivity index (χ3v) is 3.16. The quantitative estimate of drug-likeness (QED) is 0.800. The van der Waals surface area contributed by atoms with Gasteiger partial charge in [0.15, 0.2) is 0 Å². The molecule has 16 heavy (non-hydrogen) atoms. The molecular weight excluding hydrogens is 228 g/mol. The maximum atomic E-state index is 11.7. The molecule has 0 saturated carbocycles. The molecule has 0 bridgehead atoms. The lowest BCUT2D eigenvalue weighted by atomic mass is 10.2. The third kappa shape index (κ3) is 2.22. The van der Waals surface area contributed by atoms with Gasteiger partial charge in [0.05, 0.1) is 12.4 Å². The number of aryl methyl sites for hydroxylation is 1. The zero-order valence-electron chi connectivity index (χ0n) is 8.57. The van der Waals surface area contributed by atoms with E-state index >= 15 is 0 Å². The largest absolute Gasteiger partial charge is 0.358 e. The summed E-state index contributed by atoms with van der Waals surface area (Å²) in [5, 5.41) is 3.66. The molecule has 0 unspecified atom stereocenters. The lowest BCUT2D eigenvalue weighted by molar-refractivity contribution is 0.240. The second kappa shape index (κ2) is 3.97. The van der Waals surface area contributed by atoms with Gasteiger partial charge in [-0.1, -0.05) is 22.5 Å². The van der Waals surface area contributed by atoms with E-state index in [9.17, 15) is 8.42 Å². The molecule has 0 aliphatic carbocycles. The van der Waals surface area contributed by atoms with Crippen LogP contribution in [0.4, 0.5) is 0 Å². The molecule has 5 nitrogen and oxygen atoms in total. The summed E-state index contributed by atoms with van der Waals surface area (Å²) in [4.78, 5) is 1.00. The van der Waals surface area contributed by atoms with E-state index in [0.717, 1.165) is 10.4 Å². The number of aromatic nitrogens is 2. The molecule has 6 heteroatoms. The smallest absolute Gasteiger partial charge is 0.266 e. The minimum Gasteiger partial charge on any atom is -0.266 e. The normalized spacial score (nSPS) is 11.3. The van der Waals surface area contributed by atoms with E-state index < -0.39 is 10.1 Å². The highest BCUT2D eigenvalue weighted by atomic mass is 32.2. The molecule has 1 aromatic heterocycles. The Kier molecular flexibility index (Phi) is 2.66. The number of nitrogens with zero attached hydrogens (tertiary/aromatic N) is 2. The van der Waals surface area contributed by atoms with E-state index in [1.54, 1.807) is 18.2 Å². The lowest BCUT2D eigenvalue weighted by Gasteiger charge is -2.05. The molecule has 0 amide bonds. The molecule has 84 valence electrons. The van der Waals surface area contributed by atoms with Gasteiger partial charge in [-0.3, -0.25) is 4.28 Å². The van der Waals surface area contributed by atoms with Crippen molar-refractivity contribution in [2.45, 2.75) is 11.8 Å². The van der Waals surface area contributed by atoms with E-state index in [-0.39, 0.29) is 4.90 Å². The highest BCUT2D eigenvalue weighted by molar-refractivity contribution is 7.87. The molecule has 0 atom stereocenters. The Bertz CT molecular complexity index is 559. The van der Waals surface area contributed by atoms with Crippen molar-refractivity contribution >= 4 is 10.1 Å². The monoisotopic (exact) mass is 238 g/mol. The Morgan fingerprint density at radius 2 is 1.94 bits per heavy atom. The fourth-order valence-corrected chi connectivity index (χ4v) is 1.99. The SMILES string of the molecule is Cc1ccc(S(=O)(=O)On2cccn2)cc1. The van der Waals surface area contributed by atoms with Crippen LogP contribution in [0.3, 0.4) is 0 Å². The summed E-state index contributed by atoms with van der Waals surface area (Å²) in [6, 6.07) is 7.98. The standard InChI is InChI=1S/C10H10N2O3S/c1-9-3-5-10(6-4-9)16(13,14)15-12-8-2-7-11-12/h2-8H,1H3. The Morgan fingerprint density at radius 1 is 1.25 bits per heavy atom. The predicted molar refractivity (Wildman–Crippen MR) is 57.2 cm³/mol. The molecule has 0 spiro atoms. The van der Waals surface area contributed by atoms with Crippen molar-refractivity contribution in [3.05, 3.63) is 48.3 Å². The van der Waals surface area contributed by atoms with Crippen LogP contribution in [0.25, 0.3) is 0 Å². The average Bonchev–Trinajstić information content (AvgIpc) is 2.70. The van der Waals surface area contributed by atoms with Crippen LogP contribution in [0, 0.1) is 6.92 Å². The summed E-state index contributed by atoms with van der Waals surface area (Å²) in [7, 11) is -3.80. The van der Waals surface area contributed by atoms with E-state index in [0.29, 0.717) is 0 Å². The van der Waals surface area contributed by atoms with Crippen molar-refractivity contribution in [1.82, 2.24) is 9.94 Å². The second-order valence-corrected chi connectivity index (χ2v) is 4.78. The summed E-state index contributed by atoms with van der Waals surface area (Å²) in [5.41, 5.74) is 0.984. The van der Waals surface area contributed by atoms with Gasteiger partial charge in [0.1, 0.15) is 4.90 Å². The van der Waals surface area contributed by atoms with Gasteiger partial charge < -0.3 is 0 Å². The molecule has 0 fully saturated rings. The number of rotatable bonds is 3. The van der Waals surface area contributed by atoms with Gasteiger partial charge in [-0.25, -0.2) is 0 Å². The number of hydrogen-bond acceptors (Lipinski definition) is 4. The molecule has 0 radical (unpaired) electrons. The van der Waals surface area contributed by atoms with Crippen LogP contribution in [0.15, 0.2) is 47.6 Å². The Balaban J connectivity index is 2.29. The predicted octanol–water partition coefficient (Wildman–Crippen LogP) is 1.01. The second-order valence-electron chi connectivity index (χ2n) is 3.25. The maximum absolute atomic E-state index is 11.7. The summed E-state index contributed by atoms with van der Waals surface area (Å²) < 4.78 is 28.2. The minimum absolute atomic E-state index is 0.105. The van der Waals surface area contributed by atoms with Crippen molar-refractivity contribution < 1.29 is 12.7 Å². The molecule has 0 aliphatic rings. The van der Waals surface area contributed by atoms with Gasteiger partial charge in [-0.15, -0.1) is 5.10 Å². The van der Waals surface area contributed by atoms with E-state index in [2.05, 4.69) is 5.10 Å². The van der Waals surface area contributed by atoms with Crippen LogP contribution in [0.5, 0.6) is 0 Å². The summed E-state index contributed by atoms with van der Waals surface area (Å²) >= 11 is 0. The zero-order valence-corrected chi connectivity index (χ0v) is 9.39. The summed E-state index contributed by atoms with van der Waals surface area (Å²) in [6.45, 7) is 1.88. The lowest BCUT2D eigenvalue weighted by Crippen LogP contribution is -2.20. The molecule has 0 saturated heterocycles. The minimum atomic E-state index is -3.80. The molecule has 2 aromatic rings. The van der Waals surface area contributed by atoms with Crippen LogP contribution in [-0.2, 0) is 10.1 Å². The van der Waals surface area contributed by atoms with Gasteiger partial charge >= 0.3 is 10.1 Å². The molecular formula is C10H10N2O3S. The molecule has 1 heterocycles. The molecule has 0 N–H and O–H groups in total. The summed E-state index contributed by atoms with van der Waals surface area (Å²) in [6.07, 6.45) is 2.84. The molecule has 0 aliphatic heterocycles. The fourth-order valence-electron chi connectivity index (χ4n) is 1.15. The Morgan fingerprint density at radius 3 is 2.50 bits per heavy atom. The summed E-state index contributed by atoms with van der Waals surface area (Å²) in [5.74, 6) is 0. The topological polar surface area (TPSA) is 61.2 Å². The van der Waals surface area contributed by atoms with E-state index in [1.807, 2.05) is 6.92 Å². The number of benzene rings is 1. The van der Waals surface area contributed by atoms with Gasteiger partial charge in [0.2, 0.25) is 0 Å². The van der Waals surface area contributed by atoms with Crippen molar-refractivity contribution in [2.24, 2.45) is 0 Å². The Labute approximate surface area is 93.4 Å². The molecule has 2 rings (SSSR count). The Hall–Kier alpha value is -1.82. The van der Waals surface area contributed by atoms with Gasteiger partial charge in [0.25, 0.3) is 0 Å². The third-order valence-electron chi connectivity index (χ3n) is 1.96. The van der Waals surface area contributed by atoms with Crippen LogP contribution in [0.2, 0.25) is 0 Å². The zero-order chi connectivity index (χ0) is 11.6. The van der Waals surface area contributed by atoms with Crippen LogP contribution < -0.4 is 4.28 Å². The van der Waals surface area contributed by atoms with Crippen LogP contribution in [-0.4, -0.2) is 18.4 Å². The van der Waals surface area contributed by atoms with Gasteiger partial charge in [-0.05, 0) is 25.1 Å². The van der Waals surface area contributed by atoms with E-state index in [1.165, 1.54) is 24.5 Å². The first kappa shape index (κ1) is 10.7. The first-order chi connectivity index (χ1) is 7.58. The highest BCUT2D eigenvalue weighted by Crippen LogP contribution is 2.10. The average molecular weight is 238 g/mol. The van der Waals surface area contributed by atoms with Crippen molar-refractivity contribution in [1.29, 1.82) is 0 Å². The van der Waals surface area contributed by atoms with E-state index in [4.69, 9.17) is 4.28 Å². The maximum Gasteiger partial charge on any atom is 0.358 e. The van der Waals surface area contributed by atoms with Crippen LogP contribution >= 0.6 is 0 Å². The number of hydrogen-bond donors (Lipinski definition) is 0. The van der Waals surface area contributed by atoms with Gasteiger partial charge in [-0.2, -0.15) is 8.42 Å². The first-order valence-electron chi connectivity index (χ1n) is 4.59. The fraction of sp³-hybridized carbons (Fsp3) is 0.100. The van der Waals surface area contributed by atoms with Crippen molar-refractivity contribution in [3.8, 4) is 0 Å². The van der Waals surface area contributed by atoms with Crippen molar-refractivity contribution in [3.63, 3.8) is 0 Å². The first-order valence-corrected chi connectivity index (χ1v) is 6.00. The molecule has 1 aromatic carbocycles. The van der Waals surface area contributed by atoms with Crippen LogP contribution in [0.1, 0.15) is 5.56 Å². The van der Waals surface area contributed by atoms with Crippen molar-refractivity contribution in [2.75, 3.05) is 0 Å². The highest BCUT2D eigenvalue weighted by Gasteiger charge is 2.16.